The van der Waals surface area contributed by atoms with Crippen molar-refractivity contribution in [2.24, 2.45) is 5.92 Å². The van der Waals surface area contributed by atoms with Gasteiger partial charge in [-0.3, -0.25) is 14.5 Å². The summed E-state index contributed by atoms with van der Waals surface area (Å²) in [5, 5.41) is 3.13. The number of rotatable bonds is 8. The topological polar surface area (TPSA) is 71.1 Å². The van der Waals surface area contributed by atoms with E-state index in [2.05, 4.69) is 17.1 Å². The van der Waals surface area contributed by atoms with Gasteiger partial charge in [0.2, 0.25) is 11.8 Å². The minimum Gasteiger partial charge on any atom is -0.497 e. The third-order valence-electron chi connectivity index (χ3n) is 6.61. The maximum atomic E-state index is 13.0. The maximum absolute atomic E-state index is 13.0. The number of benzene rings is 2. The number of nitrogens with zero attached hydrogens (tertiary/aromatic N) is 2. The molecule has 176 valence electrons. The summed E-state index contributed by atoms with van der Waals surface area (Å²) < 4.78 is 10.8. The molecule has 2 aliphatic rings. The number of hydrogen-bond donors (Lipinski definition) is 1. The van der Waals surface area contributed by atoms with Crippen molar-refractivity contribution in [3.05, 3.63) is 59.7 Å². The second-order valence-corrected chi connectivity index (χ2v) is 8.61. The molecule has 2 fully saturated rings. The first kappa shape index (κ1) is 23.3. The van der Waals surface area contributed by atoms with Gasteiger partial charge in [-0.2, -0.15) is 0 Å². The van der Waals surface area contributed by atoms with Gasteiger partial charge in [0.25, 0.3) is 0 Å². The van der Waals surface area contributed by atoms with Gasteiger partial charge in [-0.1, -0.05) is 31.2 Å². The number of aryl methyl sites for hydroxylation is 1. The second kappa shape index (κ2) is 10.8. The van der Waals surface area contributed by atoms with Crippen LogP contribution in [0.2, 0.25) is 0 Å². The van der Waals surface area contributed by atoms with Crippen LogP contribution in [0.5, 0.6) is 5.75 Å². The Hall–Kier alpha value is -2.90. The van der Waals surface area contributed by atoms with Crippen LogP contribution in [0, 0.1) is 5.92 Å². The molecule has 0 aliphatic carbocycles. The number of morpholine rings is 1. The van der Waals surface area contributed by atoms with Crippen molar-refractivity contribution in [3.63, 3.8) is 0 Å². The summed E-state index contributed by atoms with van der Waals surface area (Å²) in [6, 6.07) is 16.0. The molecule has 2 atom stereocenters. The fourth-order valence-electron chi connectivity index (χ4n) is 4.56. The second-order valence-electron chi connectivity index (χ2n) is 8.61. The smallest absolute Gasteiger partial charge is 0.227 e. The van der Waals surface area contributed by atoms with E-state index in [1.54, 1.807) is 12.0 Å². The van der Waals surface area contributed by atoms with Crippen molar-refractivity contribution in [1.29, 1.82) is 0 Å². The molecule has 2 saturated heterocycles. The minimum atomic E-state index is -0.343. The molecule has 0 aromatic heterocycles. The highest BCUT2D eigenvalue weighted by molar-refractivity contribution is 6.00. The van der Waals surface area contributed by atoms with Gasteiger partial charge in [0.05, 0.1) is 32.3 Å². The summed E-state index contributed by atoms with van der Waals surface area (Å²) in [7, 11) is 1.65. The molecular weight excluding hydrogens is 418 g/mol. The standard InChI is InChI=1S/C26H33N3O4/c1-3-19-4-8-22(9-5-19)29-18-21(16-25(29)30)26(31)27-17-24(28-12-14-33-15-13-28)20-6-10-23(32-2)11-7-20/h4-11,21,24H,3,12-18H2,1-2H3,(H,27,31). The molecule has 1 N–H and O–H groups in total. The van der Waals surface area contributed by atoms with Gasteiger partial charge in [-0.15, -0.1) is 0 Å². The van der Waals surface area contributed by atoms with Crippen molar-refractivity contribution < 1.29 is 19.1 Å². The number of nitrogens with one attached hydrogen (secondary N) is 1. The fourth-order valence-corrected chi connectivity index (χ4v) is 4.56. The molecule has 2 aromatic rings. The Morgan fingerprint density at radius 1 is 1.12 bits per heavy atom. The highest BCUT2D eigenvalue weighted by Crippen LogP contribution is 2.27. The summed E-state index contributed by atoms with van der Waals surface area (Å²) in [6.45, 7) is 6.01. The number of amides is 2. The predicted octanol–water partition coefficient (Wildman–Crippen LogP) is 2.80. The normalized spacial score (nSPS) is 20.0. The zero-order valence-corrected chi connectivity index (χ0v) is 19.5. The Morgan fingerprint density at radius 3 is 2.45 bits per heavy atom. The molecule has 7 heteroatoms. The molecule has 0 bridgehead atoms. The lowest BCUT2D eigenvalue weighted by Crippen LogP contribution is -2.45. The average molecular weight is 452 g/mol. The zero-order valence-electron chi connectivity index (χ0n) is 19.5. The molecule has 2 unspecified atom stereocenters. The Kier molecular flexibility index (Phi) is 7.62. The van der Waals surface area contributed by atoms with Crippen LogP contribution >= 0.6 is 0 Å². The lowest BCUT2D eigenvalue weighted by Gasteiger charge is -2.35. The number of methoxy groups -OCH3 is 1. The molecular formula is C26H33N3O4. The van der Waals surface area contributed by atoms with Crippen LogP contribution in [0.25, 0.3) is 0 Å². The summed E-state index contributed by atoms with van der Waals surface area (Å²) in [4.78, 5) is 29.7. The van der Waals surface area contributed by atoms with Gasteiger partial charge in [-0.25, -0.2) is 0 Å². The lowest BCUT2D eigenvalue weighted by atomic mass is 10.0. The summed E-state index contributed by atoms with van der Waals surface area (Å²) in [6.07, 6.45) is 1.20. The summed E-state index contributed by atoms with van der Waals surface area (Å²) in [5.41, 5.74) is 3.21. The molecule has 33 heavy (non-hydrogen) atoms. The highest BCUT2D eigenvalue weighted by atomic mass is 16.5. The van der Waals surface area contributed by atoms with E-state index in [9.17, 15) is 9.59 Å². The fraction of sp³-hybridized carbons (Fsp3) is 0.462. The Bertz CT molecular complexity index is 939. The molecule has 0 radical (unpaired) electrons. The highest BCUT2D eigenvalue weighted by Gasteiger charge is 2.35. The zero-order chi connectivity index (χ0) is 23.2. The first-order valence-corrected chi connectivity index (χ1v) is 11.7. The van der Waals surface area contributed by atoms with Crippen LogP contribution in [-0.2, 0) is 20.7 Å². The molecule has 7 nitrogen and oxygen atoms in total. The van der Waals surface area contributed by atoms with Crippen molar-refractivity contribution >= 4 is 17.5 Å². The van der Waals surface area contributed by atoms with E-state index in [4.69, 9.17) is 9.47 Å². The number of anilines is 1. The largest absolute Gasteiger partial charge is 0.497 e. The van der Waals surface area contributed by atoms with Crippen LogP contribution in [0.15, 0.2) is 48.5 Å². The molecule has 2 aliphatic heterocycles. The number of ether oxygens (including phenoxy) is 2. The molecule has 2 heterocycles. The van der Waals surface area contributed by atoms with E-state index in [0.717, 1.165) is 36.5 Å². The van der Waals surface area contributed by atoms with Gasteiger partial charge in [0.15, 0.2) is 0 Å². The summed E-state index contributed by atoms with van der Waals surface area (Å²) >= 11 is 0. The quantitative estimate of drug-likeness (QED) is 0.668. The van der Waals surface area contributed by atoms with E-state index in [0.29, 0.717) is 26.3 Å². The third-order valence-corrected chi connectivity index (χ3v) is 6.61. The van der Waals surface area contributed by atoms with Crippen LogP contribution in [0.4, 0.5) is 5.69 Å². The Labute approximate surface area is 195 Å². The van der Waals surface area contributed by atoms with E-state index in [1.165, 1.54) is 5.56 Å². The van der Waals surface area contributed by atoms with Crippen LogP contribution in [-0.4, -0.2) is 63.2 Å². The third kappa shape index (κ3) is 5.54. The first-order valence-electron chi connectivity index (χ1n) is 11.7. The van der Waals surface area contributed by atoms with Crippen molar-refractivity contribution in [2.75, 3.05) is 51.4 Å². The van der Waals surface area contributed by atoms with Crippen molar-refractivity contribution in [3.8, 4) is 5.75 Å². The average Bonchev–Trinajstić information content (AvgIpc) is 3.26. The van der Waals surface area contributed by atoms with Crippen molar-refractivity contribution in [1.82, 2.24) is 10.2 Å². The first-order chi connectivity index (χ1) is 16.1. The summed E-state index contributed by atoms with van der Waals surface area (Å²) in [5.74, 6) is 0.395. The van der Waals surface area contributed by atoms with Crippen LogP contribution in [0.1, 0.15) is 30.5 Å². The molecule has 0 saturated carbocycles. The van der Waals surface area contributed by atoms with E-state index >= 15 is 0 Å². The number of hydrogen-bond acceptors (Lipinski definition) is 5. The molecule has 2 amide bonds. The minimum absolute atomic E-state index is 0.000665. The van der Waals surface area contributed by atoms with E-state index in [1.807, 2.05) is 48.5 Å². The van der Waals surface area contributed by atoms with Gasteiger partial charge < -0.3 is 19.7 Å². The van der Waals surface area contributed by atoms with E-state index < -0.39 is 0 Å². The molecule has 4 rings (SSSR count). The Balaban J connectivity index is 1.40. The number of carbonyl (C=O) groups excluding carboxylic acids is 2. The van der Waals surface area contributed by atoms with Gasteiger partial charge in [0.1, 0.15) is 5.75 Å². The molecule has 0 spiro atoms. The van der Waals surface area contributed by atoms with Crippen LogP contribution in [0.3, 0.4) is 0 Å². The van der Waals surface area contributed by atoms with Gasteiger partial charge in [-0.05, 0) is 41.8 Å². The van der Waals surface area contributed by atoms with Gasteiger partial charge in [0, 0.05) is 38.3 Å². The lowest BCUT2D eigenvalue weighted by molar-refractivity contribution is -0.126. The van der Waals surface area contributed by atoms with Gasteiger partial charge >= 0.3 is 0 Å². The SMILES string of the molecule is CCc1ccc(N2CC(C(=O)NCC(c3ccc(OC)cc3)N3CCOCC3)CC2=O)cc1. The van der Waals surface area contributed by atoms with E-state index in [-0.39, 0.29) is 30.2 Å². The maximum Gasteiger partial charge on any atom is 0.227 e. The molecule has 2 aromatic carbocycles. The van der Waals surface area contributed by atoms with Crippen molar-refractivity contribution in [2.45, 2.75) is 25.8 Å². The number of carbonyl (C=O) groups is 2. The Morgan fingerprint density at radius 2 is 1.82 bits per heavy atom. The predicted molar refractivity (Wildman–Crippen MR) is 127 cm³/mol. The van der Waals surface area contributed by atoms with Crippen LogP contribution < -0.4 is 15.0 Å². The monoisotopic (exact) mass is 451 g/mol.